The van der Waals surface area contributed by atoms with Gasteiger partial charge in [-0.3, -0.25) is 39.4 Å². The maximum atomic E-state index is 13.6. The van der Waals surface area contributed by atoms with Crippen molar-refractivity contribution in [2.75, 3.05) is 48.3 Å². The van der Waals surface area contributed by atoms with E-state index < -0.39 is 11.9 Å². The number of amides is 4. The van der Waals surface area contributed by atoms with Crippen molar-refractivity contribution in [1.82, 2.24) is 30.0 Å². The summed E-state index contributed by atoms with van der Waals surface area (Å²) < 4.78 is 9.16. The van der Waals surface area contributed by atoms with Crippen molar-refractivity contribution in [3.8, 4) is 16.9 Å². The molecular weight excluding hydrogens is 931 g/mol. The molecule has 6 heterocycles. The lowest BCUT2D eigenvalue weighted by Crippen LogP contribution is -2.39. The van der Waals surface area contributed by atoms with Gasteiger partial charge in [0.2, 0.25) is 17.7 Å². The van der Waals surface area contributed by atoms with Gasteiger partial charge in [-0.2, -0.15) is 5.10 Å². The average molecular weight is 986 g/mol. The highest BCUT2D eigenvalue weighted by Crippen LogP contribution is 2.46. The van der Waals surface area contributed by atoms with Gasteiger partial charge in [-0.25, -0.2) is 14.8 Å². The summed E-state index contributed by atoms with van der Waals surface area (Å²) in [6.07, 6.45) is 5.71. The Kier molecular flexibility index (Phi) is 12.8. The fraction of sp³-hybridized carbons (Fsp3) is 0.345. The van der Waals surface area contributed by atoms with Crippen LogP contribution in [0.5, 0.6) is 5.75 Å². The molecule has 2 saturated heterocycles. The van der Waals surface area contributed by atoms with E-state index in [1.807, 2.05) is 110 Å². The Morgan fingerprint density at radius 1 is 0.875 bits per heavy atom. The lowest BCUT2D eigenvalue weighted by Gasteiger charge is -2.31. The number of aryl methyl sites for hydroxylation is 1. The molecule has 368 valence electrons. The topological polar surface area (TPSA) is 201 Å². The third kappa shape index (κ3) is 9.65. The number of imide groups is 1. The van der Waals surface area contributed by atoms with E-state index in [0.29, 0.717) is 90.3 Å². The number of hydrogen-bond donors (Lipinski definition) is 4. The number of carbonyl (C=O) groups is 5. The molecule has 4 aromatic carbocycles. The smallest absolute Gasteiger partial charge is 0.355 e. The number of likely N-dealkylation sites (tertiary alicyclic amines) is 1. The number of rotatable bonds is 14. The van der Waals surface area contributed by atoms with Gasteiger partial charge in [0.15, 0.2) is 10.8 Å². The molecule has 3 fully saturated rings. The Balaban J connectivity index is 0.663. The highest BCUT2D eigenvalue weighted by molar-refractivity contribution is 7.22. The van der Waals surface area contributed by atoms with Crippen LogP contribution < -0.4 is 25.6 Å². The number of fused-ring (bicyclic) bond motifs is 3. The van der Waals surface area contributed by atoms with Crippen LogP contribution in [0.2, 0.25) is 0 Å². The predicted molar refractivity (Wildman–Crippen MR) is 275 cm³/mol. The number of benzene rings is 4. The van der Waals surface area contributed by atoms with Crippen LogP contribution >= 0.6 is 11.3 Å². The van der Waals surface area contributed by atoms with E-state index in [0.717, 1.165) is 87.9 Å². The highest BCUT2D eigenvalue weighted by atomic mass is 32.1. The molecule has 11 rings (SSSR count). The number of piperidine rings is 2. The van der Waals surface area contributed by atoms with Crippen LogP contribution in [0.25, 0.3) is 32.2 Å². The summed E-state index contributed by atoms with van der Waals surface area (Å²) in [6, 6.07) is 28.6. The average Bonchev–Trinajstić information content (AvgIpc) is 3.85. The Hall–Kier alpha value is -7.50. The Morgan fingerprint density at radius 3 is 2.53 bits per heavy atom. The van der Waals surface area contributed by atoms with Gasteiger partial charge in [0, 0.05) is 48.8 Å². The molecular formula is C55H55N9O7S. The van der Waals surface area contributed by atoms with Gasteiger partial charge in [0.25, 0.3) is 5.91 Å². The Bertz CT molecular complexity index is 3270. The molecule has 4 aliphatic rings. The molecule has 1 saturated carbocycles. The van der Waals surface area contributed by atoms with Crippen molar-refractivity contribution < 1.29 is 33.8 Å². The molecule has 4 N–H and O–H groups in total. The maximum absolute atomic E-state index is 13.6. The van der Waals surface area contributed by atoms with Crippen LogP contribution in [-0.2, 0) is 34.4 Å². The number of thiazole rings is 1. The lowest BCUT2D eigenvalue weighted by molar-refractivity contribution is -0.134. The summed E-state index contributed by atoms with van der Waals surface area (Å²) >= 11 is 1.43. The first kappa shape index (κ1) is 46.9. The largest absolute Gasteiger partial charge is 0.493 e. The fourth-order valence-electron chi connectivity index (χ4n) is 10.9. The molecule has 3 atom stereocenters. The number of aromatic carboxylic acids is 1. The van der Waals surface area contributed by atoms with Gasteiger partial charge in [-0.05, 0) is 153 Å². The number of aromatic nitrogens is 4. The molecule has 0 radical (unpaired) electrons. The number of pyridine rings is 1. The summed E-state index contributed by atoms with van der Waals surface area (Å²) in [5.74, 6) is 0.394. The number of anilines is 3. The number of hydrogen-bond acceptors (Lipinski definition) is 12. The summed E-state index contributed by atoms with van der Waals surface area (Å²) in [5, 5.41) is 24.9. The van der Waals surface area contributed by atoms with Crippen molar-refractivity contribution in [3.05, 3.63) is 125 Å². The number of nitrogens with zero attached hydrogens (tertiary/aromatic N) is 6. The van der Waals surface area contributed by atoms with E-state index in [-0.39, 0.29) is 35.7 Å². The van der Waals surface area contributed by atoms with Crippen LogP contribution in [0.3, 0.4) is 0 Å². The molecule has 72 heavy (non-hydrogen) atoms. The molecule has 4 amide bonds. The van der Waals surface area contributed by atoms with E-state index in [1.165, 1.54) is 11.3 Å². The molecule has 0 spiro atoms. The highest BCUT2D eigenvalue weighted by Gasteiger charge is 2.40. The molecule has 2 unspecified atom stereocenters. The molecule has 0 bridgehead atoms. The predicted octanol–water partition coefficient (Wildman–Crippen LogP) is 8.34. The molecule has 7 aromatic rings. The number of ether oxygens (including phenoxy) is 1. The van der Waals surface area contributed by atoms with E-state index in [4.69, 9.17) is 9.72 Å². The fourth-order valence-corrected chi connectivity index (χ4v) is 11.8. The standard InChI is InChI=1S/C55H55N9O7S/c1-31-37(38-15-17-47(58-51(38)54(69)70)64-24-21-33-7-5-9-39(42(33)28-64)52(67)60-55-57-43-10-3-4-12-46(43)72-55)8-6-11-45(31)71-30-35-26-34(35)25-32-19-22-63(23-20-32)29-49(66)56-36-13-14-40-44(27-36)62(2)61-50(40)41-16-18-48(65)59-53(41)68/h3-15,17,27,32,34-35,41H,16,18-26,28-30H2,1-2H3,(H,56,66)(H,69,70)(H,57,60,67)(H,59,65,68)/t34-,35?,41?/m0/s1. The van der Waals surface area contributed by atoms with Crippen LogP contribution in [0, 0.1) is 24.7 Å². The molecule has 3 aliphatic heterocycles. The summed E-state index contributed by atoms with van der Waals surface area (Å²) in [4.78, 5) is 77.5. The number of nitrogens with one attached hydrogen (secondary N) is 3. The minimum Gasteiger partial charge on any atom is -0.493 e. The van der Waals surface area contributed by atoms with Crippen molar-refractivity contribution in [3.63, 3.8) is 0 Å². The lowest BCUT2D eigenvalue weighted by atomic mass is 9.91. The number of carbonyl (C=O) groups excluding carboxylic acids is 4. The van der Waals surface area contributed by atoms with Gasteiger partial charge >= 0.3 is 5.97 Å². The third-order valence-corrected chi connectivity index (χ3v) is 15.9. The first-order chi connectivity index (χ1) is 34.9. The first-order valence-electron chi connectivity index (χ1n) is 24.7. The van der Waals surface area contributed by atoms with Crippen molar-refractivity contribution in [1.29, 1.82) is 0 Å². The van der Waals surface area contributed by atoms with E-state index >= 15 is 0 Å². The van der Waals surface area contributed by atoms with Crippen molar-refractivity contribution >= 4 is 78.7 Å². The number of carboxylic acid groups (broad SMARTS) is 1. The van der Waals surface area contributed by atoms with Gasteiger partial charge in [-0.1, -0.05) is 47.7 Å². The zero-order valence-corrected chi connectivity index (χ0v) is 41.0. The monoisotopic (exact) mass is 985 g/mol. The van der Waals surface area contributed by atoms with Crippen molar-refractivity contribution in [2.45, 2.75) is 64.3 Å². The SMILES string of the molecule is Cc1c(OCC2C[C@@H]2CC2CCN(CC(=O)Nc3ccc4c(C5CCC(=O)NC5=O)nn(C)c4c3)CC2)cccc1-c1ccc(N2CCc3cccc(C(=O)Nc4nc5ccccc5s4)c3C2)nc1C(=O)O. The second-order valence-corrected chi connectivity index (χ2v) is 20.7. The Labute approximate surface area is 419 Å². The second-order valence-electron chi connectivity index (χ2n) is 19.7. The maximum Gasteiger partial charge on any atom is 0.355 e. The normalized spacial score (nSPS) is 19.2. The molecule has 16 nitrogen and oxygen atoms in total. The number of carboxylic acids is 1. The quantitative estimate of drug-likeness (QED) is 0.0761. The summed E-state index contributed by atoms with van der Waals surface area (Å²) in [7, 11) is 1.81. The minimum atomic E-state index is -1.12. The first-order valence-corrected chi connectivity index (χ1v) is 25.6. The van der Waals surface area contributed by atoms with E-state index in [1.54, 1.807) is 4.68 Å². The number of para-hydroxylation sites is 1. The zero-order valence-electron chi connectivity index (χ0n) is 40.2. The molecule has 17 heteroatoms. The van der Waals surface area contributed by atoms with E-state index in [2.05, 4.69) is 30.9 Å². The Morgan fingerprint density at radius 2 is 1.71 bits per heavy atom. The van der Waals surface area contributed by atoms with Gasteiger partial charge in [-0.15, -0.1) is 0 Å². The zero-order chi connectivity index (χ0) is 49.6. The van der Waals surface area contributed by atoms with Gasteiger partial charge in [0.05, 0.1) is 40.5 Å². The van der Waals surface area contributed by atoms with Crippen LogP contribution in [0.1, 0.15) is 87.7 Å². The molecule has 3 aromatic heterocycles. The third-order valence-electron chi connectivity index (χ3n) is 15.0. The van der Waals surface area contributed by atoms with Crippen LogP contribution in [0.4, 0.5) is 16.6 Å². The second kappa shape index (κ2) is 19.6. The van der Waals surface area contributed by atoms with E-state index in [9.17, 15) is 29.1 Å². The summed E-state index contributed by atoms with van der Waals surface area (Å²) in [6.45, 7) is 5.62. The molecule has 1 aliphatic carbocycles. The van der Waals surface area contributed by atoms with Crippen LogP contribution in [-0.4, -0.2) is 92.1 Å². The summed E-state index contributed by atoms with van der Waals surface area (Å²) in [5.41, 5.74) is 7.55. The van der Waals surface area contributed by atoms with Gasteiger partial charge in [0.1, 0.15) is 11.6 Å². The van der Waals surface area contributed by atoms with Crippen LogP contribution in [0.15, 0.2) is 91.0 Å². The minimum absolute atomic E-state index is 0.0413. The van der Waals surface area contributed by atoms with Gasteiger partial charge < -0.3 is 20.1 Å². The van der Waals surface area contributed by atoms with Crippen molar-refractivity contribution in [2.24, 2.45) is 24.8 Å².